The summed E-state index contributed by atoms with van der Waals surface area (Å²) in [6.07, 6.45) is 1.39. The fraction of sp³-hybridized carbons (Fsp3) is 0.278. The highest BCUT2D eigenvalue weighted by atomic mass is 35.5. The molecule has 0 spiro atoms. The third-order valence-electron chi connectivity index (χ3n) is 3.54. The van der Waals surface area contributed by atoms with Crippen LogP contribution in [0.4, 0.5) is 0 Å². The largest absolute Gasteiger partial charge is 0.460 e. The number of rotatable bonds is 6. The van der Waals surface area contributed by atoms with E-state index in [-0.39, 0.29) is 16.5 Å². The average molecular weight is 396 g/mol. The van der Waals surface area contributed by atoms with Crippen LogP contribution in [-0.2, 0) is 4.79 Å². The van der Waals surface area contributed by atoms with Crippen LogP contribution in [-0.4, -0.2) is 24.1 Å². The second kappa shape index (κ2) is 8.87. The van der Waals surface area contributed by atoms with Gasteiger partial charge in [-0.25, -0.2) is 5.43 Å². The second-order valence-corrected chi connectivity index (χ2v) is 6.85. The summed E-state index contributed by atoms with van der Waals surface area (Å²) in [4.78, 5) is 24.8. The van der Waals surface area contributed by atoms with Crippen molar-refractivity contribution >= 4 is 41.2 Å². The van der Waals surface area contributed by atoms with E-state index in [0.29, 0.717) is 10.8 Å². The predicted molar refractivity (Wildman–Crippen MR) is 102 cm³/mol. The highest BCUT2D eigenvalue weighted by Gasteiger charge is 2.25. The van der Waals surface area contributed by atoms with Crippen molar-refractivity contribution < 1.29 is 14.0 Å². The predicted octanol–water partition coefficient (Wildman–Crippen LogP) is 3.80. The Morgan fingerprint density at radius 3 is 2.50 bits per heavy atom. The smallest absolute Gasteiger partial charge is 0.262 e. The molecule has 0 fully saturated rings. The van der Waals surface area contributed by atoms with Gasteiger partial charge in [0.2, 0.25) is 0 Å². The number of carbonyl (C=O) groups excluding carboxylic acids is 2. The second-order valence-electron chi connectivity index (χ2n) is 6.00. The third-order valence-corrected chi connectivity index (χ3v) is 4.09. The van der Waals surface area contributed by atoms with Crippen molar-refractivity contribution in [2.75, 3.05) is 0 Å². The van der Waals surface area contributed by atoms with Crippen LogP contribution in [0.15, 0.2) is 39.9 Å². The maximum absolute atomic E-state index is 12.4. The quantitative estimate of drug-likeness (QED) is 0.576. The monoisotopic (exact) mass is 395 g/mol. The fourth-order valence-electron chi connectivity index (χ4n) is 2.18. The number of hydrogen-bond donors (Lipinski definition) is 2. The number of aryl methyl sites for hydroxylation is 1. The number of nitrogens with zero attached hydrogens (tertiary/aromatic N) is 1. The Kier molecular flexibility index (Phi) is 6.83. The van der Waals surface area contributed by atoms with Gasteiger partial charge in [-0.1, -0.05) is 37.0 Å². The van der Waals surface area contributed by atoms with E-state index in [4.69, 9.17) is 27.6 Å². The Labute approximate surface area is 161 Å². The molecular formula is C18H19Cl2N3O3. The van der Waals surface area contributed by atoms with Crippen molar-refractivity contribution in [3.05, 3.63) is 57.5 Å². The molecule has 26 heavy (non-hydrogen) atoms. The van der Waals surface area contributed by atoms with Crippen LogP contribution in [0.5, 0.6) is 0 Å². The number of hydrogen-bond acceptors (Lipinski definition) is 4. The van der Waals surface area contributed by atoms with Crippen LogP contribution in [0.3, 0.4) is 0 Å². The first-order valence-corrected chi connectivity index (χ1v) is 8.68. The molecule has 1 aromatic carbocycles. The van der Waals surface area contributed by atoms with E-state index in [2.05, 4.69) is 15.8 Å². The van der Waals surface area contributed by atoms with E-state index in [1.165, 1.54) is 18.3 Å². The van der Waals surface area contributed by atoms with Crippen LogP contribution in [0.1, 0.15) is 35.7 Å². The number of hydrazone groups is 1. The topological polar surface area (TPSA) is 83.7 Å². The van der Waals surface area contributed by atoms with Crippen molar-refractivity contribution in [3.8, 4) is 0 Å². The van der Waals surface area contributed by atoms with Gasteiger partial charge in [-0.15, -0.1) is 0 Å². The molecule has 0 aliphatic heterocycles. The summed E-state index contributed by atoms with van der Waals surface area (Å²) < 4.78 is 5.32. The molecule has 0 aliphatic rings. The molecule has 0 bridgehead atoms. The van der Waals surface area contributed by atoms with Gasteiger partial charge in [-0.05, 0) is 43.2 Å². The lowest BCUT2D eigenvalue weighted by Crippen LogP contribution is -2.48. The molecule has 6 nitrogen and oxygen atoms in total. The minimum absolute atomic E-state index is 0.161. The molecular weight excluding hydrogens is 377 g/mol. The third kappa shape index (κ3) is 5.34. The summed E-state index contributed by atoms with van der Waals surface area (Å²) in [5.41, 5.74) is 2.64. The fourth-order valence-corrected chi connectivity index (χ4v) is 2.67. The number of carbonyl (C=O) groups is 2. The van der Waals surface area contributed by atoms with E-state index in [1.54, 1.807) is 18.2 Å². The Morgan fingerprint density at radius 2 is 1.92 bits per heavy atom. The minimum Gasteiger partial charge on any atom is -0.460 e. The van der Waals surface area contributed by atoms with Gasteiger partial charge in [0.05, 0.1) is 16.8 Å². The van der Waals surface area contributed by atoms with Crippen molar-refractivity contribution in [2.45, 2.75) is 26.8 Å². The molecule has 1 atom stereocenters. The zero-order valence-corrected chi connectivity index (χ0v) is 16.1. The lowest BCUT2D eigenvalue weighted by atomic mass is 10.0. The summed E-state index contributed by atoms with van der Waals surface area (Å²) in [7, 11) is 0. The van der Waals surface area contributed by atoms with Crippen molar-refractivity contribution in [1.82, 2.24) is 10.7 Å². The molecule has 0 radical (unpaired) electrons. The van der Waals surface area contributed by atoms with Gasteiger partial charge < -0.3 is 9.73 Å². The van der Waals surface area contributed by atoms with E-state index < -0.39 is 17.9 Å². The number of halogens is 2. The number of nitrogens with one attached hydrogen (secondary N) is 2. The highest BCUT2D eigenvalue weighted by Crippen LogP contribution is 2.21. The molecule has 8 heteroatoms. The number of amides is 2. The number of benzene rings is 1. The lowest BCUT2D eigenvalue weighted by molar-refractivity contribution is -0.123. The zero-order valence-electron chi connectivity index (χ0n) is 14.5. The van der Waals surface area contributed by atoms with Crippen LogP contribution >= 0.6 is 23.2 Å². The van der Waals surface area contributed by atoms with E-state index in [0.717, 1.165) is 5.76 Å². The standard InChI is InChI=1S/C18H19Cl2N3O3/c1-10(2)16(18(25)23-21-9-13-6-4-11(3)26-13)22-17(24)14-7-5-12(19)8-15(14)20/h4-10,16H,1-3H3,(H,22,24)(H,23,25)/b21-9-. The van der Waals surface area contributed by atoms with Gasteiger partial charge in [0.25, 0.3) is 11.8 Å². The van der Waals surface area contributed by atoms with Gasteiger partial charge in [0.1, 0.15) is 17.6 Å². The molecule has 1 unspecified atom stereocenters. The van der Waals surface area contributed by atoms with Crippen LogP contribution in [0, 0.1) is 12.8 Å². The highest BCUT2D eigenvalue weighted by molar-refractivity contribution is 6.36. The Bertz CT molecular complexity index is 831. The average Bonchev–Trinajstić information content (AvgIpc) is 2.97. The summed E-state index contributed by atoms with van der Waals surface area (Å²) in [6, 6.07) is 7.27. The minimum atomic E-state index is -0.787. The summed E-state index contributed by atoms with van der Waals surface area (Å²) in [5.74, 6) is 0.182. The summed E-state index contributed by atoms with van der Waals surface area (Å²) in [5, 5.41) is 7.16. The van der Waals surface area contributed by atoms with Gasteiger partial charge in [0.15, 0.2) is 0 Å². The first-order chi connectivity index (χ1) is 12.3. The normalized spacial score (nSPS) is 12.4. The maximum Gasteiger partial charge on any atom is 0.262 e. The molecule has 0 aliphatic carbocycles. The van der Waals surface area contributed by atoms with Crippen LogP contribution in [0.2, 0.25) is 10.0 Å². The van der Waals surface area contributed by atoms with Gasteiger partial charge in [-0.2, -0.15) is 5.10 Å². The molecule has 138 valence electrons. The molecule has 2 aromatic rings. The Balaban J connectivity index is 2.04. The molecule has 1 aromatic heterocycles. The Hall–Kier alpha value is -2.31. The van der Waals surface area contributed by atoms with E-state index in [1.807, 2.05) is 20.8 Å². The van der Waals surface area contributed by atoms with Crippen LogP contribution < -0.4 is 10.7 Å². The molecule has 2 amide bonds. The zero-order chi connectivity index (χ0) is 19.3. The number of furan rings is 1. The molecule has 0 saturated carbocycles. The van der Waals surface area contributed by atoms with Crippen molar-refractivity contribution in [2.24, 2.45) is 11.0 Å². The van der Waals surface area contributed by atoms with Crippen LogP contribution in [0.25, 0.3) is 0 Å². The molecule has 2 rings (SSSR count). The molecule has 0 saturated heterocycles. The molecule has 2 N–H and O–H groups in total. The SMILES string of the molecule is Cc1ccc(/C=N\NC(=O)C(NC(=O)c2ccc(Cl)cc2Cl)C(C)C)o1. The lowest BCUT2D eigenvalue weighted by Gasteiger charge is -2.20. The van der Waals surface area contributed by atoms with Gasteiger partial charge in [0, 0.05) is 5.02 Å². The van der Waals surface area contributed by atoms with E-state index >= 15 is 0 Å². The maximum atomic E-state index is 12.4. The van der Waals surface area contributed by atoms with Gasteiger partial charge in [-0.3, -0.25) is 9.59 Å². The first kappa shape index (κ1) is 20.0. The van der Waals surface area contributed by atoms with Crippen molar-refractivity contribution in [3.63, 3.8) is 0 Å². The van der Waals surface area contributed by atoms with Crippen molar-refractivity contribution in [1.29, 1.82) is 0 Å². The van der Waals surface area contributed by atoms with E-state index in [9.17, 15) is 9.59 Å². The summed E-state index contributed by atoms with van der Waals surface area (Å²) >= 11 is 11.9. The summed E-state index contributed by atoms with van der Waals surface area (Å²) in [6.45, 7) is 5.43. The Morgan fingerprint density at radius 1 is 1.19 bits per heavy atom. The van der Waals surface area contributed by atoms with Gasteiger partial charge >= 0.3 is 0 Å². The molecule has 1 heterocycles. The first-order valence-electron chi connectivity index (χ1n) is 7.93.